The average Bonchev–Trinajstić information content (AvgIpc) is 2.75. The number of H-pyrrole nitrogens is 1. The molecule has 0 aliphatic carbocycles. The number of rotatable bonds is 5. The van der Waals surface area contributed by atoms with E-state index in [9.17, 15) is 0 Å². The minimum Gasteiger partial charge on any atom is -0.341 e. The van der Waals surface area contributed by atoms with Gasteiger partial charge in [0.2, 0.25) is 5.95 Å². The lowest BCUT2D eigenvalue weighted by atomic mass is 10.5. The Morgan fingerprint density at radius 3 is 2.94 bits per heavy atom. The summed E-state index contributed by atoms with van der Waals surface area (Å²) < 4.78 is 0. The van der Waals surface area contributed by atoms with Crippen molar-refractivity contribution in [3.8, 4) is 0 Å². The van der Waals surface area contributed by atoms with Gasteiger partial charge in [0.15, 0.2) is 11.5 Å². The summed E-state index contributed by atoms with van der Waals surface area (Å²) >= 11 is 0. The van der Waals surface area contributed by atoms with Crippen molar-refractivity contribution in [3.63, 3.8) is 0 Å². The Balaban J connectivity index is 2.30. The monoisotopic (exact) mass is 237 g/mol. The summed E-state index contributed by atoms with van der Waals surface area (Å²) in [4.78, 5) is 22.4. The molecule has 0 saturated heterocycles. The van der Waals surface area contributed by atoms with Crippen molar-refractivity contribution in [2.75, 3.05) is 38.7 Å². The zero-order chi connectivity index (χ0) is 12.3. The standard InChI is InChI=1S/C9H15N7O/c1-16(2)5-12-9-13-7-6(10-4-11-7)8(14-9)15-17-3/h4H,5H2,1-3H3,(H3,10,11,12,13,14,15). The summed E-state index contributed by atoms with van der Waals surface area (Å²) in [6.07, 6.45) is 1.57. The van der Waals surface area contributed by atoms with Crippen LogP contribution in [0, 0.1) is 0 Å². The molecular formula is C9H15N7O. The second-order valence-electron chi connectivity index (χ2n) is 3.72. The van der Waals surface area contributed by atoms with Crippen molar-refractivity contribution >= 4 is 22.9 Å². The van der Waals surface area contributed by atoms with Crippen LogP contribution in [0.2, 0.25) is 0 Å². The molecule has 0 aliphatic heterocycles. The number of nitrogens with one attached hydrogen (secondary N) is 3. The summed E-state index contributed by atoms with van der Waals surface area (Å²) in [7, 11) is 5.43. The fourth-order valence-corrected chi connectivity index (χ4v) is 1.31. The van der Waals surface area contributed by atoms with Gasteiger partial charge in [0.05, 0.1) is 20.1 Å². The fraction of sp³-hybridized carbons (Fsp3) is 0.444. The molecule has 0 aromatic carbocycles. The van der Waals surface area contributed by atoms with Gasteiger partial charge < -0.3 is 10.3 Å². The molecule has 17 heavy (non-hydrogen) atoms. The SMILES string of the molecule is CONc1nc(NCN(C)C)nc2nc[nH]c12. The van der Waals surface area contributed by atoms with Crippen LogP contribution in [-0.4, -0.2) is 52.7 Å². The van der Waals surface area contributed by atoms with Crippen LogP contribution in [0.5, 0.6) is 0 Å². The number of anilines is 2. The molecule has 0 spiro atoms. The minimum absolute atomic E-state index is 0.498. The van der Waals surface area contributed by atoms with E-state index in [-0.39, 0.29) is 0 Å². The highest BCUT2D eigenvalue weighted by molar-refractivity contribution is 5.83. The molecule has 0 bridgehead atoms. The number of aromatic nitrogens is 4. The maximum Gasteiger partial charge on any atom is 0.227 e. The van der Waals surface area contributed by atoms with Gasteiger partial charge >= 0.3 is 0 Å². The molecule has 0 amide bonds. The quantitative estimate of drug-likeness (QED) is 0.507. The number of fused-ring (bicyclic) bond motifs is 1. The predicted octanol–water partition coefficient (Wildman–Crippen LogP) is 0.257. The summed E-state index contributed by atoms with van der Waals surface area (Å²) in [5, 5.41) is 3.08. The van der Waals surface area contributed by atoms with Crippen molar-refractivity contribution in [2.24, 2.45) is 0 Å². The average molecular weight is 237 g/mol. The van der Waals surface area contributed by atoms with Crippen LogP contribution in [0.25, 0.3) is 11.2 Å². The van der Waals surface area contributed by atoms with Crippen LogP contribution < -0.4 is 10.8 Å². The first-order valence-electron chi connectivity index (χ1n) is 5.09. The zero-order valence-corrected chi connectivity index (χ0v) is 9.98. The van der Waals surface area contributed by atoms with Gasteiger partial charge in [0.1, 0.15) is 5.52 Å². The molecule has 0 atom stereocenters. The molecule has 2 heterocycles. The zero-order valence-electron chi connectivity index (χ0n) is 9.98. The van der Waals surface area contributed by atoms with Crippen LogP contribution in [0.3, 0.4) is 0 Å². The summed E-state index contributed by atoms with van der Waals surface area (Å²) in [5.41, 5.74) is 3.98. The van der Waals surface area contributed by atoms with Gasteiger partial charge in [-0.2, -0.15) is 9.97 Å². The Bertz CT molecular complexity index is 495. The van der Waals surface area contributed by atoms with E-state index < -0.39 is 0 Å². The third-order valence-corrected chi connectivity index (χ3v) is 2.04. The van der Waals surface area contributed by atoms with Crippen LogP contribution >= 0.6 is 0 Å². The first kappa shape index (κ1) is 11.6. The third-order valence-electron chi connectivity index (χ3n) is 2.04. The van der Waals surface area contributed by atoms with Crippen LogP contribution in [-0.2, 0) is 4.84 Å². The van der Waals surface area contributed by atoms with Crippen molar-refractivity contribution in [2.45, 2.75) is 0 Å². The van der Waals surface area contributed by atoms with E-state index in [0.29, 0.717) is 29.6 Å². The van der Waals surface area contributed by atoms with Crippen molar-refractivity contribution < 1.29 is 4.84 Å². The van der Waals surface area contributed by atoms with Crippen molar-refractivity contribution in [3.05, 3.63) is 6.33 Å². The largest absolute Gasteiger partial charge is 0.341 e. The highest BCUT2D eigenvalue weighted by Gasteiger charge is 2.09. The lowest BCUT2D eigenvalue weighted by Gasteiger charge is -2.11. The molecule has 3 N–H and O–H groups in total. The van der Waals surface area contributed by atoms with Gasteiger partial charge in [0.25, 0.3) is 0 Å². The fourth-order valence-electron chi connectivity index (χ4n) is 1.31. The highest BCUT2D eigenvalue weighted by atomic mass is 16.6. The molecule has 2 rings (SSSR count). The molecule has 0 fully saturated rings. The molecule has 2 aromatic heterocycles. The molecule has 2 aromatic rings. The minimum atomic E-state index is 0.498. The number of hydrogen-bond donors (Lipinski definition) is 3. The van der Waals surface area contributed by atoms with Gasteiger partial charge in [-0.05, 0) is 14.1 Å². The Morgan fingerprint density at radius 2 is 2.24 bits per heavy atom. The van der Waals surface area contributed by atoms with Crippen molar-refractivity contribution in [1.82, 2.24) is 24.8 Å². The number of aromatic amines is 1. The summed E-state index contributed by atoms with van der Waals surface area (Å²) in [5.74, 6) is 1.05. The summed E-state index contributed by atoms with van der Waals surface area (Å²) in [6, 6.07) is 0. The van der Waals surface area contributed by atoms with Crippen LogP contribution in [0.15, 0.2) is 6.33 Å². The normalized spacial score (nSPS) is 11.1. The van der Waals surface area contributed by atoms with E-state index in [4.69, 9.17) is 4.84 Å². The van der Waals surface area contributed by atoms with E-state index in [0.717, 1.165) is 0 Å². The Labute approximate surface area is 98.4 Å². The van der Waals surface area contributed by atoms with E-state index in [2.05, 4.69) is 30.7 Å². The Kier molecular flexibility index (Phi) is 3.35. The molecule has 0 radical (unpaired) electrons. The molecule has 92 valence electrons. The lowest BCUT2D eigenvalue weighted by Crippen LogP contribution is -2.21. The van der Waals surface area contributed by atoms with Gasteiger partial charge in [0, 0.05) is 0 Å². The topological polar surface area (TPSA) is 91.0 Å². The lowest BCUT2D eigenvalue weighted by molar-refractivity contribution is 0.269. The predicted molar refractivity (Wildman–Crippen MR) is 64.5 cm³/mol. The smallest absolute Gasteiger partial charge is 0.227 e. The van der Waals surface area contributed by atoms with E-state index in [1.165, 1.54) is 7.11 Å². The molecule has 0 aliphatic rings. The van der Waals surface area contributed by atoms with Gasteiger partial charge in [-0.25, -0.2) is 10.5 Å². The van der Waals surface area contributed by atoms with Crippen LogP contribution in [0.4, 0.5) is 11.8 Å². The number of imidazole rings is 1. The summed E-state index contributed by atoms with van der Waals surface area (Å²) in [6.45, 7) is 0.641. The molecular weight excluding hydrogens is 222 g/mol. The molecule has 0 saturated carbocycles. The highest BCUT2D eigenvalue weighted by Crippen LogP contribution is 2.18. The van der Waals surface area contributed by atoms with E-state index >= 15 is 0 Å². The third kappa shape index (κ3) is 2.60. The first-order chi connectivity index (χ1) is 8.20. The van der Waals surface area contributed by atoms with Gasteiger partial charge in [-0.1, -0.05) is 0 Å². The molecule has 8 nitrogen and oxygen atoms in total. The van der Waals surface area contributed by atoms with Gasteiger partial charge in [-0.3, -0.25) is 9.74 Å². The maximum absolute atomic E-state index is 4.86. The van der Waals surface area contributed by atoms with E-state index in [1.807, 2.05) is 19.0 Å². The maximum atomic E-state index is 4.86. The van der Waals surface area contributed by atoms with Crippen molar-refractivity contribution in [1.29, 1.82) is 0 Å². The Hall–Kier alpha value is -1.93. The first-order valence-corrected chi connectivity index (χ1v) is 5.09. The second kappa shape index (κ2) is 4.93. The molecule has 8 heteroatoms. The molecule has 0 unspecified atom stereocenters. The second-order valence-corrected chi connectivity index (χ2v) is 3.72. The Morgan fingerprint density at radius 1 is 1.41 bits per heavy atom. The number of nitrogens with zero attached hydrogens (tertiary/aromatic N) is 4. The van der Waals surface area contributed by atoms with Gasteiger partial charge in [-0.15, -0.1) is 0 Å². The van der Waals surface area contributed by atoms with E-state index in [1.54, 1.807) is 6.33 Å². The number of hydrogen-bond acceptors (Lipinski definition) is 7. The van der Waals surface area contributed by atoms with Crippen LogP contribution in [0.1, 0.15) is 0 Å².